The first kappa shape index (κ1) is 15.6. The molecule has 0 bridgehead atoms. The van der Waals surface area contributed by atoms with E-state index in [1.54, 1.807) is 0 Å². The summed E-state index contributed by atoms with van der Waals surface area (Å²) in [5, 5.41) is 12.0. The summed E-state index contributed by atoms with van der Waals surface area (Å²) in [6.45, 7) is 1.36. The maximum absolute atomic E-state index is 12.5. The van der Waals surface area contributed by atoms with Gasteiger partial charge in [0.25, 0.3) is 0 Å². The largest absolute Gasteiger partial charge is 0.480 e. The van der Waals surface area contributed by atoms with Crippen LogP contribution in [-0.4, -0.2) is 46.0 Å². The molecule has 0 aromatic rings. The van der Waals surface area contributed by atoms with Crippen molar-refractivity contribution in [2.45, 2.75) is 57.0 Å². The van der Waals surface area contributed by atoms with E-state index in [9.17, 15) is 19.5 Å². The van der Waals surface area contributed by atoms with E-state index in [1.165, 1.54) is 11.8 Å². The van der Waals surface area contributed by atoms with Crippen LogP contribution in [0.5, 0.6) is 0 Å². The predicted molar refractivity (Wildman–Crippen MR) is 75.5 cm³/mol. The number of urea groups is 1. The van der Waals surface area contributed by atoms with Gasteiger partial charge in [-0.2, -0.15) is 0 Å². The van der Waals surface area contributed by atoms with Gasteiger partial charge in [-0.15, -0.1) is 0 Å². The predicted octanol–water partition coefficient (Wildman–Crippen LogP) is 0.679. The Morgan fingerprint density at radius 1 is 1.24 bits per heavy atom. The van der Waals surface area contributed by atoms with E-state index in [2.05, 4.69) is 5.32 Å². The fourth-order valence-electron chi connectivity index (χ4n) is 3.04. The number of carbonyl (C=O) groups is 3. The van der Waals surface area contributed by atoms with Gasteiger partial charge in [0.15, 0.2) is 0 Å². The van der Waals surface area contributed by atoms with Gasteiger partial charge in [0.05, 0.1) is 0 Å². The Bertz CT molecular complexity index is 444. The van der Waals surface area contributed by atoms with Gasteiger partial charge in [0.2, 0.25) is 5.91 Å². The summed E-state index contributed by atoms with van der Waals surface area (Å²) in [6, 6.07) is -0.535. The minimum Gasteiger partial charge on any atom is -0.480 e. The van der Waals surface area contributed by atoms with E-state index < -0.39 is 23.4 Å². The van der Waals surface area contributed by atoms with Gasteiger partial charge in [0, 0.05) is 6.04 Å². The fourth-order valence-corrected chi connectivity index (χ4v) is 3.04. The van der Waals surface area contributed by atoms with Gasteiger partial charge in [-0.3, -0.25) is 4.79 Å². The van der Waals surface area contributed by atoms with Gasteiger partial charge >= 0.3 is 12.0 Å². The van der Waals surface area contributed by atoms with Crippen LogP contribution in [0.1, 0.15) is 45.4 Å². The van der Waals surface area contributed by atoms with Crippen LogP contribution in [0.25, 0.3) is 0 Å². The first-order valence-corrected chi connectivity index (χ1v) is 7.45. The zero-order valence-corrected chi connectivity index (χ0v) is 12.3. The molecular weight excluding hydrogens is 274 g/mol. The molecule has 2 aliphatic carbocycles. The molecule has 2 fully saturated rings. The number of hydrogen-bond acceptors (Lipinski definition) is 3. The topological polar surface area (TPSA) is 113 Å². The second-order valence-electron chi connectivity index (χ2n) is 6.24. The van der Waals surface area contributed by atoms with Gasteiger partial charge in [-0.25, -0.2) is 9.59 Å². The number of carboxylic acid groups (broad SMARTS) is 1. The third-order valence-corrected chi connectivity index (χ3v) is 4.56. The number of primary amides is 1. The molecule has 7 heteroatoms. The van der Waals surface area contributed by atoms with Crippen LogP contribution in [0.15, 0.2) is 0 Å². The molecule has 7 nitrogen and oxygen atoms in total. The highest BCUT2D eigenvalue weighted by molar-refractivity contribution is 5.88. The number of hydrogen-bond donors (Lipinski definition) is 3. The summed E-state index contributed by atoms with van der Waals surface area (Å²) in [7, 11) is 0. The molecule has 0 aromatic heterocycles. The van der Waals surface area contributed by atoms with Crippen LogP contribution >= 0.6 is 0 Å². The van der Waals surface area contributed by atoms with Crippen LogP contribution in [0.3, 0.4) is 0 Å². The normalized spacial score (nSPS) is 21.6. The third kappa shape index (κ3) is 3.46. The Kier molecular flexibility index (Phi) is 4.39. The molecule has 2 rings (SSSR count). The number of nitrogens with zero attached hydrogens (tertiary/aromatic N) is 1. The second-order valence-corrected chi connectivity index (χ2v) is 6.24. The summed E-state index contributed by atoms with van der Waals surface area (Å²) in [5.41, 5.74) is 3.95. The molecule has 0 saturated heterocycles. The highest BCUT2D eigenvalue weighted by Gasteiger charge is 2.49. The van der Waals surface area contributed by atoms with Crippen molar-refractivity contribution in [3.8, 4) is 0 Å². The van der Waals surface area contributed by atoms with Crippen LogP contribution in [-0.2, 0) is 9.59 Å². The average molecular weight is 297 g/mol. The monoisotopic (exact) mass is 297 g/mol. The molecule has 3 amide bonds. The van der Waals surface area contributed by atoms with E-state index in [-0.39, 0.29) is 18.5 Å². The molecule has 0 heterocycles. The van der Waals surface area contributed by atoms with Gasteiger partial charge in [-0.1, -0.05) is 12.8 Å². The smallest absolute Gasteiger partial charge is 0.329 e. The minimum absolute atomic E-state index is 0.0326. The molecular formula is C14H23N3O4. The Morgan fingerprint density at radius 3 is 2.24 bits per heavy atom. The summed E-state index contributed by atoms with van der Waals surface area (Å²) in [4.78, 5) is 36.5. The van der Waals surface area contributed by atoms with Crippen molar-refractivity contribution in [2.24, 2.45) is 11.7 Å². The van der Waals surface area contributed by atoms with E-state index in [4.69, 9.17) is 5.73 Å². The highest BCUT2D eigenvalue weighted by atomic mass is 16.4. The lowest BCUT2D eigenvalue weighted by atomic mass is 9.96. The maximum atomic E-state index is 12.5. The number of carboxylic acids is 1. The molecule has 0 radical (unpaired) electrons. The lowest BCUT2D eigenvalue weighted by molar-refractivity contribution is -0.144. The molecule has 1 unspecified atom stereocenters. The molecule has 4 N–H and O–H groups in total. The number of nitrogens with two attached hydrogens (primary N) is 1. The lowest BCUT2D eigenvalue weighted by Crippen LogP contribution is -2.59. The van der Waals surface area contributed by atoms with E-state index in [1.807, 2.05) is 0 Å². The number of rotatable bonds is 6. The zero-order chi connectivity index (χ0) is 15.6. The maximum Gasteiger partial charge on any atom is 0.329 e. The SMILES string of the molecule is CC(NC(=O)N(CC(N)=O)C1CCCC1)(C(=O)O)C1CC1. The zero-order valence-electron chi connectivity index (χ0n) is 12.3. The second kappa shape index (κ2) is 5.91. The Labute approximate surface area is 123 Å². The molecule has 0 aromatic carbocycles. The van der Waals surface area contributed by atoms with Crippen LogP contribution < -0.4 is 11.1 Å². The summed E-state index contributed by atoms with van der Waals surface area (Å²) < 4.78 is 0. The molecule has 1 atom stereocenters. The molecule has 2 aliphatic rings. The van der Waals surface area contributed by atoms with Gasteiger partial charge in [-0.05, 0) is 38.5 Å². The molecule has 118 valence electrons. The van der Waals surface area contributed by atoms with Crippen LogP contribution in [0, 0.1) is 5.92 Å². The quantitative estimate of drug-likeness (QED) is 0.669. The number of aliphatic carboxylic acids is 1. The Balaban J connectivity index is 2.09. The third-order valence-electron chi connectivity index (χ3n) is 4.56. The van der Waals surface area contributed by atoms with E-state index in [0.29, 0.717) is 0 Å². The summed E-state index contributed by atoms with van der Waals surface area (Å²) in [5.74, 6) is -1.66. The first-order valence-electron chi connectivity index (χ1n) is 7.45. The molecule has 0 aliphatic heterocycles. The molecule has 0 spiro atoms. The van der Waals surface area contributed by atoms with Crippen molar-refractivity contribution in [3.05, 3.63) is 0 Å². The number of amides is 3. The standard InChI is InChI=1S/C14H23N3O4/c1-14(12(19)20,9-6-7-9)16-13(21)17(8-11(15)18)10-4-2-3-5-10/h9-10H,2-8H2,1H3,(H2,15,18)(H,16,21)(H,19,20). The number of nitrogens with one attached hydrogen (secondary N) is 1. The summed E-state index contributed by atoms with van der Waals surface area (Å²) >= 11 is 0. The van der Waals surface area contributed by atoms with Crippen molar-refractivity contribution >= 4 is 17.9 Å². The van der Waals surface area contributed by atoms with Crippen LogP contribution in [0.4, 0.5) is 4.79 Å². The summed E-state index contributed by atoms with van der Waals surface area (Å²) in [6.07, 6.45) is 5.25. The average Bonchev–Trinajstić information content (AvgIpc) is 3.12. The van der Waals surface area contributed by atoms with Crippen LogP contribution in [0.2, 0.25) is 0 Å². The van der Waals surface area contributed by atoms with Crippen molar-refractivity contribution in [3.63, 3.8) is 0 Å². The number of carbonyl (C=O) groups excluding carboxylic acids is 2. The van der Waals surface area contributed by atoms with Crippen molar-refractivity contribution < 1.29 is 19.5 Å². The Hall–Kier alpha value is -1.79. The van der Waals surface area contributed by atoms with E-state index in [0.717, 1.165) is 38.5 Å². The highest BCUT2D eigenvalue weighted by Crippen LogP contribution is 2.40. The van der Waals surface area contributed by atoms with Gasteiger partial charge < -0.3 is 21.1 Å². The van der Waals surface area contributed by atoms with E-state index >= 15 is 0 Å². The Morgan fingerprint density at radius 2 is 1.81 bits per heavy atom. The van der Waals surface area contributed by atoms with Crippen molar-refractivity contribution in [1.82, 2.24) is 10.2 Å². The molecule has 21 heavy (non-hydrogen) atoms. The first-order chi connectivity index (χ1) is 9.84. The van der Waals surface area contributed by atoms with Gasteiger partial charge in [0.1, 0.15) is 12.1 Å². The van der Waals surface area contributed by atoms with Crippen molar-refractivity contribution in [2.75, 3.05) is 6.54 Å². The fraction of sp³-hybridized carbons (Fsp3) is 0.786. The van der Waals surface area contributed by atoms with Crippen molar-refractivity contribution in [1.29, 1.82) is 0 Å². The lowest BCUT2D eigenvalue weighted by Gasteiger charge is -2.33. The molecule has 2 saturated carbocycles. The minimum atomic E-state index is -1.27.